The lowest BCUT2D eigenvalue weighted by Gasteiger charge is -2.05. The summed E-state index contributed by atoms with van der Waals surface area (Å²) in [7, 11) is 0. The van der Waals surface area contributed by atoms with Crippen molar-refractivity contribution >= 4 is 21.4 Å². The maximum absolute atomic E-state index is 12.1. The first kappa shape index (κ1) is 11.0. The fraction of sp³-hybridized carbons (Fsp3) is 0.188. The predicted molar refractivity (Wildman–Crippen MR) is 80.1 cm³/mol. The summed E-state index contributed by atoms with van der Waals surface area (Å²) in [6.45, 7) is 2.18. The van der Waals surface area contributed by atoms with Gasteiger partial charge in [-0.05, 0) is 34.6 Å². The lowest BCUT2D eigenvalue weighted by atomic mass is 10.0. The fourth-order valence-electron chi connectivity index (χ4n) is 3.10. The quantitative estimate of drug-likeness (QED) is 0.560. The van der Waals surface area contributed by atoms with Crippen LogP contribution >= 0.6 is 11.3 Å². The van der Waals surface area contributed by atoms with Crippen LogP contribution < -0.4 is 5.56 Å². The number of aromatic amines is 1. The number of nitrogens with one attached hydrogen (secondary N) is 1. The fourth-order valence-corrected chi connectivity index (χ4v) is 3.92. The average Bonchev–Trinajstić information content (AvgIpc) is 3.03. The summed E-state index contributed by atoms with van der Waals surface area (Å²) >= 11 is 1.52. The van der Waals surface area contributed by atoms with Crippen molar-refractivity contribution in [2.45, 2.75) is 19.8 Å². The van der Waals surface area contributed by atoms with E-state index < -0.39 is 0 Å². The Balaban J connectivity index is 2.11. The molecule has 4 rings (SSSR count). The van der Waals surface area contributed by atoms with Crippen LogP contribution in [0.3, 0.4) is 0 Å². The van der Waals surface area contributed by atoms with Crippen LogP contribution in [0.5, 0.6) is 0 Å². The molecule has 1 N–H and O–H groups in total. The van der Waals surface area contributed by atoms with E-state index >= 15 is 0 Å². The third-order valence-electron chi connectivity index (χ3n) is 4.01. The van der Waals surface area contributed by atoms with Gasteiger partial charge >= 0.3 is 0 Å². The monoisotopic (exact) mass is 267 g/mol. The molecular weight excluding hydrogens is 254 g/mol. The van der Waals surface area contributed by atoms with E-state index in [1.807, 2.05) is 5.38 Å². The number of thiophene rings is 1. The van der Waals surface area contributed by atoms with Gasteiger partial charge in [0.2, 0.25) is 0 Å². The van der Waals surface area contributed by atoms with E-state index in [2.05, 4.69) is 36.2 Å². The Hall–Kier alpha value is -1.87. The molecule has 2 nitrogen and oxygen atoms in total. The Bertz CT molecular complexity index is 857. The molecule has 1 aromatic carbocycles. The number of hydrogen-bond donors (Lipinski definition) is 1. The first-order valence-corrected chi connectivity index (χ1v) is 7.41. The van der Waals surface area contributed by atoms with Crippen LogP contribution in [0.2, 0.25) is 0 Å². The van der Waals surface area contributed by atoms with Gasteiger partial charge in [-0.3, -0.25) is 4.79 Å². The van der Waals surface area contributed by atoms with Crippen LogP contribution in [0, 0.1) is 0 Å². The zero-order valence-electron chi connectivity index (χ0n) is 10.6. The van der Waals surface area contributed by atoms with Crippen LogP contribution in [0.25, 0.3) is 21.3 Å². The Morgan fingerprint density at radius 1 is 1.26 bits per heavy atom. The van der Waals surface area contributed by atoms with Crippen molar-refractivity contribution in [2.75, 3.05) is 0 Å². The number of benzene rings is 1. The molecule has 1 aliphatic rings. The highest BCUT2D eigenvalue weighted by Gasteiger charge is 2.24. The molecule has 0 saturated carbocycles. The third kappa shape index (κ3) is 1.39. The normalized spacial score (nSPS) is 12.7. The van der Waals surface area contributed by atoms with Gasteiger partial charge in [0, 0.05) is 17.4 Å². The standard InChI is InChI=1S/C16H13NOS/c1-2-9-4-3-5-10-12(9)8-13-11-6-7-19-15(11)16(18)17-14(10)13/h3-7H,2,8H2,1H3,(H,17,18). The van der Waals surface area contributed by atoms with E-state index in [0.717, 1.165) is 28.6 Å². The highest BCUT2D eigenvalue weighted by Crippen LogP contribution is 2.40. The molecule has 0 spiro atoms. The largest absolute Gasteiger partial charge is 0.320 e. The lowest BCUT2D eigenvalue weighted by Crippen LogP contribution is -2.06. The van der Waals surface area contributed by atoms with E-state index in [4.69, 9.17) is 0 Å². The van der Waals surface area contributed by atoms with Gasteiger partial charge in [0.15, 0.2) is 0 Å². The van der Waals surface area contributed by atoms with E-state index in [9.17, 15) is 4.79 Å². The average molecular weight is 267 g/mol. The number of fused-ring (bicyclic) bond motifs is 5. The van der Waals surface area contributed by atoms with Crippen molar-refractivity contribution in [2.24, 2.45) is 0 Å². The van der Waals surface area contributed by atoms with E-state index in [0.29, 0.717) is 0 Å². The van der Waals surface area contributed by atoms with Crippen LogP contribution in [0.4, 0.5) is 0 Å². The molecule has 2 heterocycles. The van der Waals surface area contributed by atoms with Crippen LogP contribution in [-0.4, -0.2) is 4.98 Å². The van der Waals surface area contributed by atoms with E-state index in [-0.39, 0.29) is 5.56 Å². The zero-order valence-corrected chi connectivity index (χ0v) is 11.4. The van der Waals surface area contributed by atoms with Crippen LogP contribution in [0.15, 0.2) is 34.4 Å². The van der Waals surface area contributed by atoms with Gasteiger partial charge in [0.1, 0.15) is 0 Å². The molecule has 19 heavy (non-hydrogen) atoms. The minimum Gasteiger partial charge on any atom is -0.320 e. The molecule has 0 bridgehead atoms. The molecule has 94 valence electrons. The minimum atomic E-state index is 0.0403. The molecule has 0 saturated heterocycles. The van der Waals surface area contributed by atoms with E-state index in [1.165, 1.54) is 33.6 Å². The van der Waals surface area contributed by atoms with Crippen molar-refractivity contribution in [1.29, 1.82) is 0 Å². The van der Waals surface area contributed by atoms with Gasteiger partial charge < -0.3 is 4.98 Å². The first-order valence-electron chi connectivity index (χ1n) is 6.53. The van der Waals surface area contributed by atoms with Gasteiger partial charge in [0.25, 0.3) is 5.56 Å². The number of hydrogen-bond acceptors (Lipinski definition) is 2. The second-order valence-corrected chi connectivity index (χ2v) is 5.86. The number of pyridine rings is 1. The molecular formula is C16H13NOS. The summed E-state index contributed by atoms with van der Waals surface area (Å²) in [5, 5.41) is 3.13. The molecule has 0 amide bonds. The predicted octanol–water partition coefficient (Wildman–Crippen LogP) is 3.72. The summed E-state index contributed by atoms with van der Waals surface area (Å²) in [5.74, 6) is 0. The third-order valence-corrected chi connectivity index (χ3v) is 4.93. The summed E-state index contributed by atoms with van der Waals surface area (Å²) in [6.07, 6.45) is 1.98. The second kappa shape index (κ2) is 3.81. The van der Waals surface area contributed by atoms with Gasteiger partial charge in [-0.1, -0.05) is 25.1 Å². The van der Waals surface area contributed by atoms with Gasteiger partial charge in [0.05, 0.1) is 10.4 Å². The molecule has 0 fully saturated rings. The van der Waals surface area contributed by atoms with Crippen LogP contribution in [-0.2, 0) is 12.8 Å². The maximum Gasteiger partial charge on any atom is 0.266 e. The SMILES string of the molecule is CCc1cccc2c1Cc1c-2[nH]c(=O)c2sccc12. The van der Waals surface area contributed by atoms with Gasteiger partial charge in [-0.2, -0.15) is 0 Å². The van der Waals surface area contributed by atoms with Gasteiger partial charge in [-0.15, -0.1) is 11.3 Å². The van der Waals surface area contributed by atoms with Crippen molar-refractivity contribution in [3.8, 4) is 11.3 Å². The Labute approximate surface area is 114 Å². The minimum absolute atomic E-state index is 0.0403. The summed E-state index contributed by atoms with van der Waals surface area (Å²) < 4.78 is 0.851. The molecule has 1 aliphatic carbocycles. The number of aryl methyl sites for hydroxylation is 1. The second-order valence-electron chi connectivity index (χ2n) is 4.94. The molecule has 0 radical (unpaired) electrons. The molecule has 3 aromatic rings. The maximum atomic E-state index is 12.1. The number of aromatic nitrogens is 1. The van der Waals surface area contributed by atoms with Crippen molar-refractivity contribution in [3.63, 3.8) is 0 Å². The van der Waals surface area contributed by atoms with Crippen molar-refractivity contribution < 1.29 is 0 Å². The Morgan fingerprint density at radius 3 is 3.00 bits per heavy atom. The lowest BCUT2D eigenvalue weighted by molar-refractivity contribution is 1.09. The Morgan fingerprint density at radius 2 is 2.16 bits per heavy atom. The van der Waals surface area contributed by atoms with Crippen LogP contribution in [0.1, 0.15) is 23.6 Å². The zero-order chi connectivity index (χ0) is 13.0. The summed E-state index contributed by atoms with van der Waals surface area (Å²) in [4.78, 5) is 15.2. The molecule has 3 heteroatoms. The van der Waals surface area contributed by atoms with Crippen molar-refractivity contribution in [3.05, 3.63) is 56.7 Å². The number of rotatable bonds is 1. The molecule has 0 unspecified atom stereocenters. The highest BCUT2D eigenvalue weighted by atomic mass is 32.1. The first-order chi connectivity index (χ1) is 9.29. The number of H-pyrrole nitrogens is 1. The highest BCUT2D eigenvalue weighted by molar-refractivity contribution is 7.17. The van der Waals surface area contributed by atoms with Gasteiger partial charge in [-0.25, -0.2) is 0 Å². The molecule has 2 aromatic heterocycles. The summed E-state index contributed by atoms with van der Waals surface area (Å²) in [6, 6.07) is 8.47. The summed E-state index contributed by atoms with van der Waals surface area (Å²) in [5.41, 5.74) is 6.33. The smallest absolute Gasteiger partial charge is 0.266 e. The Kier molecular flexibility index (Phi) is 2.21. The topological polar surface area (TPSA) is 32.9 Å². The van der Waals surface area contributed by atoms with E-state index in [1.54, 1.807) is 0 Å². The molecule has 0 atom stereocenters. The van der Waals surface area contributed by atoms with Crippen molar-refractivity contribution in [1.82, 2.24) is 4.98 Å². The molecule has 0 aliphatic heterocycles.